The maximum Gasteiger partial charge on any atom is 0.131 e. The van der Waals surface area contributed by atoms with Crippen molar-refractivity contribution in [2.45, 2.75) is 20.3 Å². The van der Waals surface area contributed by atoms with Crippen LogP contribution in [0.4, 0.5) is 5.82 Å². The first-order valence-electron chi connectivity index (χ1n) is 9.94. The van der Waals surface area contributed by atoms with E-state index in [1.807, 2.05) is 25.4 Å². The third-order valence-corrected chi connectivity index (χ3v) is 5.35. The van der Waals surface area contributed by atoms with Gasteiger partial charge in [0.05, 0.1) is 12.4 Å². The SMILES string of the molecule is C=C1CN(C(=C)Nc2cc3cc(C4=CN=C(C)C4)ccc3cn2)CCN1/C=C\C. The van der Waals surface area contributed by atoms with Gasteiger partial charge in [-0.05, 0) is 48.7 Å². The lowest BCUT2D eigenvalue weighted by molar-refractivity contribution is 0.256. The van der Waals surface area contributed by atoms with Gasteiger partial charge in [-0.2, -0.15) is 0 Å². The molecular weight excluding hydrogens is 358 g/mol. The summed E-state index contributed by atoms with van der Waals surface area (Å²) in [6.07, 6.45) is 8.91. The standard InChI is InChI=1S/C24H27N5/c1-5-8-28-9-10-29(16-18(28)3)19(4)27-24-13-22-12-20(6-7-21(22)14-26-24)23-11-17(2)25-15-23/h5-8,12-15H,3-4,9-11,16H2,1-2H3,(H,26,27)/b8-5-. The number of hydrogen-bond acceptors (Lipinski definition) is 5. The molecule has 1 N–H and O–H groups in total. The van der Waals surface area contributed by atoms with Crippen molar-refractivity contribution < 1.29 is 0 Å². The molecule has 0 spiro atoms. The van der Waals surface area contributed by atoms with Crippen LogP contribution in [-0.2, 0) is 0 Å². The van der Waals surface area contributed by atoms with Crippen molar-refractivity contribution in [2.24, 2.45) is 4.99 Å². The molecule has 5 heteroatoms. The first-order chi connectivity index (χ1) is 14.0. The molecule has 0 atom stereocenters. The maximum absolute atomic E-state index is 4.56. The number of pyridine rings is 1. The van der Waals surface area contributed by atoms with E-state index in [4.69, 9.17) is 0 Å². The molecular formula is C24H27N5. The number of aromatic nitrogens is 1. The Balaban J connectivity index is 1.48. The molecule has 2 aliphatic rings. The van der Waals surface area contributed by atoms with Gasteiger partial charge in [-0.15, -0.1) is 0 Å². The van der Waals surface area contributed by atoms with Crippen LogP contribution in [0.15, 0.2) is 78.6 Å². The molecule has 0 saturated carbocycles. The Hall–Kier alpha value is -3.34. The van der Waals surface area contributed by atoms with E-state index in [-0.39, 0.29) is 0 Å². The van der Waals surface area contributed by atoms with Gasteiger partial charge >= 0.3 is 0 Å². The van der Waals surface area contributed by atoms with Crippen molar-refractivity contribution in [1.29, 1.82) is 0 Å². The number of benzene rings is 1. The first-order valence-corrected chi connectivity index (χ1v) is 9.94. The molecule has 0 unspecified atom stereocenters. The Morgan fingerprint density at radius 2 is 2.07 bits per heavy atom. The zero-order chi connectivity index (χ0) is 20.4. The summed E-state index contributed by atoms with van der Waals surface area (Å²) >= 11 is 0. The molecule has 1 aromatic heterocycles. The second-order valence-electron chi connectivity index (χ2n) is 7.56. The fourth-order valence-electron chi connectivity index (χ4n) is 3.73. The summed E-state index contributed by atoms with van der Waals surface area (Å²) in [5.74, 6) is 1.64. The van der Waals surface area contributed by atoms with Gasteiger partial charge in [0.2, 0.25) is 0 Å². The number of fused-ring (bicyclic) bond motifs is 1. The molecule has 5 nitrogen and oxygen atoms in total. The maximum atomic E-state index is 4.56. The van der Waals surface area contributed by atoms with Crippen LogP contribution in [0.2, 0.25) is 0 Å². The molecule has 1 fully saturated rings. The second-order valence-corrected chi connectivity index (χ2v) is 7.56. The van der Waals surface area contributed by atoms with Crippen LogP contribution in [0.3, 0.4) is 0 Å². The summed E-state index contributed by atoms with van der Waals surface area (Å²) in [6, 6.07) is 8.56. The fraction of sp³-hybridized carbons (Fsp3) is 0.250. The van der Waals surface area contributed by atoms with Gasteiger partial charge in [0, 0.05) is 48.7 Å². The monoisotopic (exact) mass is 385 g/mol. The predicted octanol–water partition coefficient (Wildman–Crippen LogP) is 4.99. The Bertz CT molecular complexity index is 1060. The summed E-state index contributed by atoms with van der Waals surface area (Å²) in [4.78, 5) is 13.4. The number of aliphatic imine (C=N–C) groups is 1. The van der Waals surface area contributed by atoms with Crippen LogP contribution in [0, 0.1) is 0 Å². The molecule has 2 aliphatic heterocycles. The Labute approximate surface area is 172 Å². The number of anilines is 1. The zero-order valence-corrected chi connectivity index (χ0v) is 17.2. The van der Waals surface area contributed by atoms with Gasteiger partial charge in [0.1, 0.15) is 5.82 Å². The lowest BCUT2D eigenvalue weighted by atomic mass is 10.0. The van der Waals surface area contributed by atoms with Crippen LogP contribution >= 0.6 is 0 Å². The highest BCUT2D eigenvalue weighted by Gasteiger charge is 2.19. The van der Waals surface area contributed by atoms with E-state index in [2.05, 4.69) is 75.6 Å². The van der Waals surface area contributed by atoms with Crippen molar-refractivity contribution >= 4 is 27.9 Å². The van der Waals surface area contributed by atoms with Crippen molar-refractivity contribution in [2.75, 3.05) is 25.0 Å². The van der Waals surface area contributed by atoms with E-state index in [1.165, 1.54) is 11.1 Å². The first kappa shape index (κ1) is 19.0. The van der Waals surface area contributed by atoms with Gasteiger partial charge in [-0.3, -0.25) is 4.99 Å². The highest BCUT2D eigenvalue weighted by molar-refractivity contribution is 5.98. The highest BCUT2D eigenvalue weighted by atomic mass is 15.3. The minimum absolute atomic E-state index is 0.751. The average molecular weight is 386 g/mol. The quantitative estimate of drug-likeness (QED) is 0.788. The molecule has 2 aromatic rings. The summed E-state index contributed by atoms with van der Waals surface area (Å²) in [7, 11) is 0. The number of piperazine rings is 1. The second kappa shape index (κ2) is 7.95. The number of hydrogen-bond donors (Lipinski definition) is 1. The summed E-state index contributed by atoms with van der Waals surface area (Å²) < 4.78 is 0. The molecule has 29 heavy (non-hydrogen) atoms. The van der Waals surface area contributed by atoms with Crippen molar-refractivity contribution in [3.63, 3.8) is 0 Å². The van der Waals surface area contributed by atoms with E-state index in [9.17, 15) is 0 Å². The molecule has 0 amide bonds. The van der Waals surface area contributed by atoms with Gasteiger partial charge in [0.25, 0.3) is 0 Å². The smallest absolute Gasteiger partial charge is 0.131 e. The fourth-order valence-corrected chi connectivity index (χ4v) is 3.73. The third kappa shape index (κ3) is 4.09. The Morgan fingerprint density at radius 3 is 2.79 bits per heavy atom. The summed E-state index contributed by atoms with van der Waals surface area (Å²) in [5, 5.41) is 5.65. The predicted molar refractivity (Wildman–Crippen MR) is 122 cm³/mol. The van der Waals surface area contributed by atoms with E-state index >= 15 is 0 Å². The Kier molecular flexibility index (Phi) is 5.21. The summed E-state index contributed by atoms with van der Waals surface area (Å²) in [5.41, 5.74) is 4.70. The summed E-state index contributed by atoms with van der Waals surface area (Å²) in [6.45, 7) is 15.0. The van der Waals surface area contributed by atoms with Crippen LogP contribution in [0.1, 0.15) is 25.8 Å². The van der Waals surface area contributed by atoms with E-state index in [0.29, 0.717) is 0 Å². The van der Waals surface area contributed by atoms with E-state index in [0.717, 1.165) is 59.9 Å². The normalized spacial score (nSPS) is 17.1. The molecule has 3 heterocycles. The molecule has 4 rings (SSSR count). The van der Waals surface area contributed by atoms with Crippen molar-refractivity contribution in [3.8, 4) is 0 Å². The number of nitrogens with one attached hydrogen (secondary N) is 1. The topological polar surface area (TPSA) is 43.8 Å². The average Bonchev–Trinajstić information content (AvgIpc) is 3.15. The Morgan fingerprint density at radius 1 is 1.21 bits per heavy atom. The van der Waals surface area contributed by atoms with Crippen LogP contribution in [0.5, 0.6) is 0 Å². The van der Waals surface area contributed by atoms with Crippen LogP contribution in [0.25, 0.3) is 16.3 Å². The number of allylic oxidation sites excluding steroid dienone is 2. The minimum Gasteiger partial charge on any atom is -0.351 e. The van der Waals surface area contributed by atoms with Gasteiger partial charge in [-0.25, -0.2) is 4.98 Å². The van der Waals surface area contributed by atoms with Gasteiger partial charge < -0.3 is 15.1 Å². The molecule has 1 aromatic carbocycles. The highest BCUT2D eigenvalue weighted by Crippen LogP contribution is 2.28. The molecule has 0 aliphatic carbocycles. The molecule has 148 valence electrons. The van der Waals surface area contributed by atoms with Gasteiger partial charge in [0.15, 0.2) is 0 Å². The minimum atomic E-state index is 0.751. The van der Waals surface area contributed by atoms with Gasteiger partial charge in [-0.1, -0.05) is 31.4 Å². The lowest BCUT2D eigenvalue weighted by Crippen LogP contribution is -2.42. The molecule has 1 saturated heterocycles. The van der Waals surface area contributed by atoms with Crippen molar-refractivity contribution in [1.82, 2.24) is 14.8 Å². The number of rotatable bonds is 5. The van der Waals surface area contributed by atoms with Crippen LogP contribution < -0.4 is 5.32 Å². The molecule has 0 bridgehead atoms. The molecule has 0 radical (unpaired) electrons. The number of nitrogens with zero attached hydrogens (tertiary/aromatic N) is 4. The largest absolute Gasteiger partial charge is 0.351 e. The van der Waals surface area contributed by atoms with E-state index in [1.54, 1.807) is 0 Å². The van der Waals surface area contributed by atoms with Crippen LogP contribution in [-0.4, -0.2) is 40.1 Å². The van der Waals surface area contributed by atoms with Crippen molar-refractivity contribution in [3.05, 3.63) is 79.2 Å². The zero-order valence-electron chi connectivity index (χ0n) is 17.2. The van der Waals surface area contributed by atoms with E-state index < -0.39 is 0 Å². The third-order valence-electron chi connectivity index (χ3n) is 5.35. The lowest BCUT2D eigenvalue weighted by Gasteiger charge is -2.38.